The second kappa shape index (κ2) is 11.2. The van der Waals surface area contributed by atoms with Gasteiger partial charge in [0.15, 0.2) is 23.0 Å². The highest BCUT2D eigenvalue weighted by atomic mass is 16.5. The van der Waals surface area contributed by atoms with E-state index in [9.17, 15) is 19.8 Å². The number of carbonyl (C=O) groups is 2. The van der Waals surface area contributed by atoms with E-state index in [2.05, 4.69) is 21.1 Å². The molecule has 2 amide bonds. The van der Waals surface area contributed by atoms with Crippen molar-refractivity contribution in [3.05, 3.63) is 47.5 Å². The molecule has 0 aromatic heterocycles. The minimum Gasteiger partial charge on any atom is -0.504 e. The Bertz CT molecular complexity index is 912. The lowest BCUT2D eigenvalue weighted by Gasteiger charge is -2.11. The molecule has 31 heavy (non-hydrogen) atoms. The van der Waals surface area contributed by atoms with Gasteiger partial charge in [-0.15, -0.1) is 0 Å². The smallest absolute Gasteiger partial charge is 0.252 e. The Morgan fingerprint density at radius 3 is 1.68 bits per heavy atom. The maximum atomic E-state index is 12.3. The summed E-state index contributed by atoms with van der Waals surface area (Å²) in [4.78, 5) is 24.6. The van der Waals surface area contributed by atoms with E-state index in [1.807, 2.05) is 0 Å². The van der Waals surface area contributed by atoms with Gasteiger partial charge in [0, 0.05) is 0 Å². The summed E-state index contributed by atoms with van der Waals surface area (Å²) in [6.07, 6.45) is 2.96. The number of nitrogens with one attached hydrogen (secondary N) is 2. The molecule has 164 valence electrons. The molecule has 0 aliphatic rings. The molecule has 0 saturated heterocycles. The van der Waals surface area contributed by atoms with Crippen LogP contribution in [0.15, 0.2) is 46.6 Å². The van der Waals surface area contributed by atoms with Gasteiger partial charge in [0.2, 0.25) is 0 Å². The van der Waals surface area contributed by atoms with Gasteiger partial charge in [-0.3, -0.25) is 9.59 Å². The standard InChI is InChI=1S/C21H24N4O6/c1-4-15(20(28)24-22-11-13-5-7-16(26)18(9-13)30-2)21(29)25-23-12-14-6-8-17(27)19(10-14)31-3/h5-12,15,26-27H,4H2,1-3H3,(H,24,28)(H,25,29)/b22-11-,23-12-. The number of phenols is 2. The van der Waals surface area contributed by atoms with Crippen molar-refractivity contribution in [1.82, 2.24) is 10.9 Å². The molecule has 0 aliphatic heterocycles. The van der Waals surface area contributed by atoms with E-state index in [4.69, 9.17) is 9.47 Å². The molecule has 0 fully saturated rings. The van der Waals surface area contributed by atoms with Crippen molar-refractivity contribution >= 4 is 24.2 Å². The summed E-state index contributed by atoms with van der Waals surface area (Å²) < 4.78 is 10.0. The number of benzene rings is 2. The number of hydrogen-bond acceptors (Lipinski definition) is 8. The van der Waals surface area contributed by atoms with Gasteiger partial charge in [0.1, 0.15) is 5.92 Å². The normalized spacial score (nSPS) is 11.1. The Morgan fingerprint density at radius 2 is 1.32 bits per heavy atom. The van der Waals surface area contributed by atoms with Crippen LogP contribution in [0.25, 0.3) is 0 Å². The van der Waals surface area contributed by atoms with Crippen LogP contribution < -0.4 is 20.3 Å². The lowest BCUT2D eigenvalue weighted by atomic mass is 10.1. The van der Waals surface area contributed by atoms with Crippen molar-refractivity contribution < 1.29 is 29.3 Å². The summed E-state index contributed by atoms with van der Waals surface area (Å²) in [5, 5.41) is 26.8. The molecule has 0 unspecified atom stereocenters. The first-order valence-corrected chi connectivity index (χ1v) is 9.29. The van der Waals surface area contributed by atoms with E-state index in [1.165, 1.54) is 38.8 Å². The Kier molecular flexibility index (Phi) is 8.38. The molecule has 0 radical (unpaired) electrons. The molecule has 0 atom stereocenters. The number of amides is 2. The summed E-state index contributed by atoms with van der Waals surface area (Å²) in [5.41, 5.74) is 5.80. The minimum absolute atomic E-state index is 0.0160. The molecule has 10 nitrogen and oxygen atoms in total. The highest BCUT2D eigenvalue weighted by molar-refractivity contribution is 6.00. The molecule has 2 rings (SSSR count). The second-order valence-electron chi connectivity index (χ2n) is 6.29. The Hall–Kier alpha value is -4.08. The zero-order valence-corrected chi connectivity index (χ0v) is 17.3. The topological polar surface area (TPSA) is 142 Å². The molecule has 0 bridgehead atoms. The predicted octanol–water partition coefficient (Wildman–Crippen LogP) is 1.74. The van der Waals surface area contributed by atoms with Crippen LogP contribution in [0.5, 0.6) is 23.0 Å². The van der Waals surface area contributed by atoms with Crippen molar-refractivity contribution in [2.75, 3.05) is 14.2 Å². The van der Waals surface area contributed by atoms with Crippen LogP contribution in [-0.4, -0.2) is 48.7 Å². The molecule has 0 spiro atoms. The number of nitrogens with zero attached hydrogens (tertiary/aromatic N) is 2. The van der Waals surface area contributed by atoms with Crippen LogP contribution in [0, 0.1) is 5.92 Å². The van der Waals surface area contributed by atoms with Crippen LogP contribution in [0.2, 0.25) is 0 Å². The number of phenolic OH excluding ortho intramolecular Hbond substituents is 2. The number of carbonyl (C=O) groups excluding carboxylic acids is 2. The molecule has 2 aromatic carbocycles. The number of aromatic hydroxyl groups is 2. The van der Waals surface area contributed by atoms with E-state index < -0.39 is 17.7 Å². The largest absolute Gasteiger partial charge is 0.504 e. The fourth-order valence-corrected chi connectivity index (χ4v) is 2.54. The van der Waals surface area contributed by atoms with Gasteiger partial charge in [-0.2, -0.15) is 10.2 Å². The van der Waals surface area contributed by atoms with Crippen molar-refractivity contribution in [2.45, 2.75) is 13.3 Å². The monoisotopic (exact) mass is 428 g/mol. The first-order chi connectivity index (χ1) is 14.9. The number of hydrogen-bond donors (Lipinski definition) is 4. The van der Waals surface area contributed by atoms with Gasteiger partial charge in [-0.1, -0.05) is 6.92 Å². The zero-order chi connectivity index (χ0) is 22.8. The third-order valence-electron chi connectivity index (χ3n) is 4.23. The number of rotatable bonds is 9. The Labute approximate surface area is 179 Å². The van der Waals surface area contributed by atoms with E-state index in [1.54, 1.807) is 31.2 Å². The first kappa shape index (κ1) is 23.2. The van der Waals surface area contributed by atoms with E-state index >= 15 is 0 Å². The zero-order valence-electron chi connectivity index (χ0n) is 17.3. The SMILES string of the molecule is CCC(C(=O)N/N=C\c1ccc(O)c(OC)c1)C(=O)N/N=C\c1ccc(O)c(OC)c1. The average molecular weight is 428 g/mol. The number of methoxy groups -OCH3 is 2. The first-order valence-electron chi connectivity index (χ1n) is 9.29. The maximum absolute atomic E-state index is 12.3. The van der Waals surface area contributed by atoms with Gasteiger partial charge in [0.25, 0.3) is 11.8 Å². The van der Waals surface area contributed by atoms with E-state index in [0.717, 1.165) is 0 Å². The minimum atomic E-state index is -1.00. The van der Waals surface area contributed by atoms with Crippen LogP contribution >= 0.6 is 0 Å². The molecule has 10 heteroatoms. The highest BCUT2D eigenvalue weighted by Crippen LogP contribution is 2.26. The van der Waals surface area contributed by atoms with Gasteiger partial charge in [-0.25, -0.2) is 10.9 Å². The van der Waals surface area contributed by atoms with Crippen molar-refractivity contribution in [3.8, 4) is 23.0 Å². The average Bonchev–Trinajstić information content (AvgIpc) is 2.76. The summed E-state index contributed by atoms with van der Waals surface area (Å²) in [6, 6.07) is 9.14. The van der Waals surface area contributed by atoms with E-state index in [-0.39, 0.29) is 29.4 Å². The second-order valence-corrected chi connectivity index (χ2v) is 6.29. The lowest BCUT2D eigenvalue weighted by Crippen LogP contribution is -2.37. The highest BCUT2D eigenvalue weighted by Gasteiger charge is 2.24. The summed E-state index contributed by atoms with van der Waals surface area (Å²) in [5.74, 6) is -1.68. The summed E-state index contributed by atoms with van der Waals surface area (Å²) >= 11 is 0. The van der Waals surface area contributed by atoms with Gasteiger partial charge >= 0.3 is 0 Å². The molecule has 0 heterocycles. The van der Waals surface area contributed by atoms with Gasteiger partial charge < -0.3 is 19.7 Å². The van der Waals surface area contributed by atoms with Gasteiger partial charge in [0.05, 0.1) is 26.6 Å². The van der Waals surface area contributed by atoms with Crippen LogP contribution in [0.4, 0.5) is 0 Å². The van der Waals surface area contributed by atoms with Crippen LogP contribution in [0.3, 0.4) is 0 Å². The molecule has 0 aliphatic carbocycles. The maximum Gasteiger partial charge on any atom is 0.252 e. The molecule has 4 N–H and O–H groups in total. The van der Waals surface area contributed by atoms with Crippen molar-refractivity contribution in [3.63, 3.8) is 0 Å². The quantitative estimate of drug-likeness (QED) is 0.272. The fraction of sp³-hybridized carbons (Fsp3) is 0.238. The summed E-state index contributed by atoms with van der Waals surface area (Å²) in [6.45, 7) is 1.69. The third kappa shape index (κ3) is 6.46. The Morgan fingerprint density at radius 1 is 0.903 bits per heavy atom. The predicted molar refractivity (Wildman–Crippen MR) is 115 cm³/mol. The van der Waals surface area contributed by atoms with E-state index in [0.29, 0.717) is 11.1 Å². The lowest BCUT2D eigenvalue weighted by molar-refractivity contribution is -0.135. The molecule has 2 aromatic rings. The third-order valence-corrected chi connectivity index (χ3v) is 4.23. The molecule has 0 saturated carbocycles. The van der Waals surface area contributed by atoms with Crippen molar-refractivity contribution in [2.24, 2.45) is 16.1 Å². The summed E-state index contributed by atoms with van der Waals surface area (Å²) in [7, 11) is 2.84. The van der Waals surface area contributed by atoms with Gasteiger partial charge in [-0.05, 0) is 53.9 Å². The number of ether oxygens (including phenoxy) is 2. The number of hydrazone groups is 2. The fourth-order valence-electron chi connectivity index (χ4n) is 2.54. The van der Waals surface area contributed by atoms with Crippen LogP contribution in [0.1, 0.15) is 24.5 Å². The Balaban J connectivity index is 1.94. The molecular weight excluding hydrogens is 404 g/mol. The van der Waals surface area contributed by atoms with Crippen molar-refractivity contribution in [1.29, 1.82) is 0 Å². The van der Waals surface area contributed by atoms with Crippen LogP contribution in [-0.2, 0) is 9.59 Å². The molecular formula is C21H24N4O6.